The largest absolute Gasteiger partial charge is 0.462 e. The van der Waals surface area contributed by atoms with Crippen molar-refractivity contribution >= 4 is 35.2 Å². The van der Waals surface area contributed by atoms with Crippen LogP contribution in [0.15, 0.2) is 54.1 Å². The molecule has 0 aliphatic carbocycles. The molecule has 0 aliphatic rings. The second kappa shape index (κ2) is 10.2. The molecule has 1 N–H and O–H groups in total. The quantitative estimate of drug-likeness (QED) is 0.286. The van der Waals surface area contributed by atoms with Crippen LogP contribution in [0.25, 0.3) is 11.8 Å². The van der Waals surface area contributed by atoms with Gasteiger partial charge in [0.25, 0.3) is 5.91 Å². The Morgan fingerprint density at radius 1 is 1.12 bits per heavy atom. The predicted octanol–water partition coefficient (Wildman–Crippen LogP) is 5.78. The average molecular weight is 462 g/mol. The molecule has 0 saturated carbocycles. The molecule has 0 spiro atoms. The number of anilines is 1. The van der Waals surface area contributed by atoms with E-state index in [9.17, 15) is 14.9 Å². The number of aromatic nitrogens is 1. The van der Waals surface area contributed by atoms with Crippen molar-refractivity contribution in [3.05, 3.63) is 87.2 Å². The molecule has 0 bridgehead atoms. The summed E-state index contributed by atoms with van der Waals surface area (Å²) in [6.07, 6.45) is 1.57. The van der Waals surface area contributed by atoms with Crippen LogP contribution in [0.1, 0.15) is 39.8 Å². The smallest absolute Gasteiger partial charge is 0.338 e. The van der Waals surface area contributed by atoms with Crippen LogP contribution in [0.4, 0.5) is 5.69 Å². The van der Waals surface area contributed by atoms with Crippen LogP contribution in [0.3, 0.4) is 0 Å². The molecule has 0 unspecified atom stereocenters. The molecule has 168 valence electrons. The lowest BCUT2D eigenvalue weighted by Crippen LogP contribution is -2.14. The van der Waals surface area contributed by atoms with Crippen molar-refractivity contribution in [2.45, 2.75) is 27.7 Å². The van der Waals surface area contributed by atoms with E-state index >= 15 is 0 Å². The Morgan fingerprint density at radius 2 is 1.82 bits per heavy atom. The van der Waals surface area contributed by atoms with Gasteiger partial charge in [-0.05, 0) is 87.4 Å². The van der Waals surface area contributed by atoms with Gasteiger partial charge in [-0.3, -0.25) is 4.79 Å². The minimum atomic E-state index is -0.508. The van der Waals surface area contributed by atoms with Crippen molar-refractivity contribution in [3.8, 4) is 11.8 Å². The SMILES string of the molecule is CCOC(=O)c1ccc(-n2c(C)cc(/C=C(/C#N)C(=O)Nc3cc(Cl)ccc3C)c2C)cc1. The third-order valence-electron chi connectivity index (χ3n) is 5.22. The van der Waals surface area contributed by atoms with Crippen LogP contribution in [-0.2, 0) is 9.53 Å². The van der Waals surface area contributed by atoms with Gasteiger partial charge in [0.1, 0.15) is 11.6 Å². The zero-order chi connectivity index (χ0) is 24.1. The van der Waals surface area contributed by atoms with Crippen LogP contribution in [0.5, 0.6) is 0 Å². The molecule has 0 radical (unpaired) electrons. The molecule has 1 aromatic heterocycles. The summed E-state index contributed by atoms with van der Waals surface area (Å²) in [4.78, 5) is 24.7. The molecule has 3 aromatic rings. The number of benzene rings is 2. The number of hydrogen-bond acceptors (Lipinski definition) is 4. The van der Waals surface area contributed by atoms with Gasteiger partial charge in [-0.25, -0.2) is 4.79 Å². The van der Waals surface area contributed by atoms with E-state index in [-0.39, 0.29) is 11.5 Å². The normalized spacial score (nSPS) is 11.1. The fourth-order valence-electron chi connectivity index (χ4n) is 3.51. The summed E-state index contributed by atoms with van der Waals surface area (Å²) in [6, 6.07) is 16.2. The van der Waals surface area contributed by atoms with Gasteiger partial charge in [-0.1, -0.05) is 17.7 Å². The lowest BCUT2D eigenvalue weighted by Gasteiger charge is -2.11. The van der Waals surface area contributed by atoms with E-state index in [1.54, 1.807) is 43.3 Å². The van der Waals surface area contributed by atoms with Crippen molar-refractivity contribution in [3.63, 3.8) is 0 Å². The average Bonchev–Trinajstić information content (AvgIpc) is 3.07. The molecular formula is C26H24ClN3O3. The number of nitriles is 1. The number of hydrogen-bond donors (Lipinski definition) is 1. The molecule has 0 fully saturated rings. The third-order valence-corrected chi connectivity index (χ3v) is 5.45. The first-order valence-corrected chi connectivity index (χ1v) is 10.8. The molecule has 1 heterocycles. The Kier molecular flexibility index (Phi) is 7.37. The first-order chi connectivity index (χ1) is 15.7. The summed E-state index contributed by atoms with van der Waals surface area (Å²) in [5.74, 6) is -0.875. The first-order valence-electron chi connectivity index (χ1n) is 10.4. The topological polar surface area (TPSA) is 84.1 Å². The highest BCUT2D eigenvalue weighted by Gasteiger charge is 2.15. The van der Waals surface area contributed by atoms with E-state index in [0.717, 1.165) is 28.2 Å². The second-order valence-electron chi connectivity index (χ2n) is 7.51. The summed E-state index contributed by atoms with van der Waals surface area (Å²) in [7, 11) is 0. The molecule has 0 atom stereocenters. The number of esters is 1. The number of rotatable bonds is 6. The number of ether oxygens (including phenoxy) is 1. The zero-order valence-corrected chi connectivity index (χ0v) is 19.7. The molecule has 6 nitrogen and oxygen atoms in total. The predicted molar refractivity (Wildman–Crippen MR) is 130 cm³/mol. The molecule has 0 saturated heterocycles. The highest BCUT2D eigenvalue weighted by molar-refractivity contribution is 6.31. The van der Waals surface area contributed by atoms with Gasteiger partial charge in [0.15, 0.2) is 0 Å². The fraction of sp³-hybridized carbons (Fsp3) is 0.192. The maximum Gasteiger partial charge on any atom is 0.338 e. The van der Waals surface area contributed by atoms with Crippen molar-refractivity contribution in [2.75, 3.05) is 11.9 Å². The molecule has 7 heteroatoms. The summed E-state index contributed by atoms with van der Waals surface area (Å²) in [6.45, 7) is 7.78. The Balaban J connectivity index is 1.90. The number of nitrogens with zero attached hydrogens (tertiary/aromatic N) is 2. The van der Waals surface area contributed by atoms with Crippen LogP contribution >= 0.6 is 11.6 Å². The highest BCUT2D eigenvalue weighted by atomic mass is 35.5. The highest BCUT2D eigenvalue weighted by Crippen LogP contribution is 2.25. The van der Waals surface area contributed by atoms with Crippen LogP contribution in [-0.4, -0.2) is 23.1 Å². The standard InChI is InChI=1S/C26H24ClN3O3/c1-5-33-26(32)19-7-10-23(11-8-19)30-17(3)12-20(18(30)4)13-21(15-28)25(31)29-24-14-22(27)9-6-16(24)2/h6-14H,5H2,1-4H3,(H,29,31)/b21-13-. The van der Waals surface area contributed by atoms with E-state index in [0.29, 0.717) is 22.9 Å². The summed E-state index contributed by atoms with van der Waals surface area (Å²) >= 11 is 6.03. The Hall–Kier alpha value is -3.82. The van der Waals surface area contributed by atoms with Gasteiger partial charge < -0.3 is 14.6 Å². The number of nitrogens with one attached hydrogen (secondary N) is 1. The number of carbonyl (C=O) groups excluding carboxylic acids is 2. The number of amides is 1. The molecule has 0 aliphatic heterocycles. The van der Waals surface area contributed by atoms with Gasteiger partial charge in [-0.15, -0.1) is 0 Å². The monoisotopic (exact) mass is 461 g/mol. The fourth-order valence-corrected chi connectivity index (χ4v) is 3.69. The Bertz CT molecular complexity index is 1280. The Morgan fingerprint density at radius 3 is 2.45 bits per heavy atom. The van der Waals surface area contributed by atoms with E-state index in [1.807, 2.05) is 49.6 Å². The molecule has 2 aromatic carbocycles. The van der Waals surface area contributed by atoms with Crippen molar-refractivity contribution < 1.29 is 14.3 Å². The maximum atomic E-state index is 12.7. The number of halogens is 1. The first kappa shape index (κ1) is 23.8. The number of carbonyl (C=O) groups is 2. The van der Waals surface area contributed by atoms with Crippen molar-refractivity contribution in [1.82, 2.24) is 4.57 Å². The second-order valence-corrected chi connectivity index (χ2v) is 7.95. The molecule has 3 rings (SSSR count). The minimum Gasteiger partial charge on any atom is -0.462 e. The van der Waals surface area contributed by atoms with Crippen LogP contribution < -0.4 is 5.32 Å². The van der Waals surface area contributed by atoms with Crippen LogP contribution in [0, 0.1) is 32.1 Å². The van der Waals surface area contributed by atoms with Gasteiger partial charge in [0, 0.05) is 27.8 Å². The maximum absolute atomic E-state index is 12.7. The Labute approximate surface area is 198 Å². The van der Waals surface area contributed by atoms with Gasteiger partial charge in [-0.2, -0.15) is 5.26 Å². The van der Waals surface area contributed by atoms with E-state index in [4.69, 9.17) is 16.3 Å². The molecule has 33 heavy (non-hydrogen) atoms. The van der Waals surface area contributed by atoms with E-state index < -0.39 is 5.91 Å². The summed E-state index contributed by atoms with van der Waals surface area (Å²) < 4.78 is 7.03. The van der Waals surface area contributed by atoms with Crippen LogP contribution in [0.2, 0.25) is 5.02 Å². The molecule has 1 amide bonds. The number of aryl methyl sites for hydroxylation is 2. The molecular weight excluding hydrogens is 438 g/mol. The lowest BCUT2D eigenvalue weighted by atomic mass is 10.1. The lowest BCUT2D eigenvalue weighted by molar-refractivity contribution is -0.112. The summed E-state index contributed by atoms with van der Waals surface area (Å²) in [5.41, 5.74) is 5.24. The van der Waals surface area contributed by atoms with Gasteiger partial charge >= 0.3 is 5.97 Å². The van der Waals surface area contributed by atoms with Gasteiger partial charge in [0.05, 0.1) is 12.2 Å². The van der Waals surface area contributed by atoms with Crippen molar-refractivity contribution in [2.24, 2.45) is 0 Å². The van der Waals surface area contributed by atoms with E-state index in [2.05, 4.69) is 5.32 Å². The minimum absolute atomic E-state index is 0.0210. The summed E-state index contributed by atoms with van der Waals surface area (Å²) in [5, 5.41) is 12.9. The van der Waals surface area contributed by atoms with Crippen molar-refractivity contribution in [1.29, 1.82) is 5.26 Å². The van der Waals surface area contributed by atoms with E-state index in [1.165, 1.54) is 0 Å². The zero-order valence-electron chi connectivity index (χ0n) is 18.9. The van der Waals surface area contributed by atoms with Gasteiger partial charge in [0.2, 0.25) is 0 Å². The third kappa shape index (κ3) is 5.33.